The summed E-state index contributed by atoms with van der Waals surface area (Å²) in [7, 11) is 0. The van der Waals surface area contributed by atoms with E-state index in [0.29, 0.717) is 0 Å². The Hall–Kier alpha value is -2.41. The van der Waals surface area contributed by atoms with E-state index in [1.165, 1.54) is 23.5 Å². The first-order chi connectivity index (χ1) is 9.97. The van der Waals surface area contributed by atoms with E-state index in [9.17, 15) is 14.0 Å². The topological polar surface area (TPSA) is 92.4 Å². The molecule has 1 aromatic carbocycles. The van der Waals surface area contributed by atoms with E-state index in [0.717, 1.165) is 10.9 Å². The van der Waals surface area contributed by atoms with Gasteiger partial charge < -0.3 is 16.2 Å². The van der Waals surface area contributed by atoms with E-state index in [1.54, 1.807) is 17.5 Å². The largest absolute Gasteiger partial charge is 0.481 e. The van der Waals surface area contributed by atoms with Gasteiger partial charge in [0.15, 0.2) is 0 Å². The van der Waals surface area contributed by atoms with E-state index in [4.69, 9.17) is 10.8 Å². The van der Waals surface area contributed by atoms with Crippen molar-refractivity contribution in [3.63, 3.8) is 0 Å². The van der Waals surface area contributed by atoms with Gasteiger partial charge in [-0.15, -0.1) is 11.3 Å². The molecule has 0 radical (unpaired) electrons. The number of carboxylic acids is 1. The maximum absolute atomic E-state index is 13.4. The number of aliphatic carboxylic acids is 1. The third kappa shape index (κ3) is 3.79. The van der Waals surface area contributed by atoms with Gasteiger partial charge in [-0.1, -0.05) is 6.07 Å². The number of hydrogen-bond acceptors (Lipinski definition) is 4. The minimum absolute atomic E-state index is 0.0492. The predicted molar refractivity (Wildman–Crippen MR) is 77.6 cm³/mol. The van der Waals surface area contributed by atoms with Gasteiger partial charge in [0.1, 0.15) is 5.82 Å². The summed E-state index contributed by atoms with van der Waals surface area (Å²) >= 11 is 1.34. The summed E-state index contributed by atoms with van der Waals surface area (Å²) < 4.78 is 13.4. The van der Waals surface area contributed by atoms with Crippen LogP contribution in [0.15, 0.2) is 35.7 Å². The number of carboxylic acid groups (broad SMARTS) is 1. The van der Waals surface area contributed by atoms with Gasteiger partial charge in [-0.3, -0.25) is 9.59 Å². The Labute approximate surface area is 124 Å². The second-order valence-corrected chi connectivity index (χ2v) is 5.35. The molecule has 0 bridgehead atoms. The maximum atomic E-state index is 13.4. The molecule has 7 heteroatoms. The zero-order chi connectivity index (χ0) is 15.4. The lowest BCUT2D eigenvalue weighted by Gasteiger charge is -2.15. The van der Waals surface area contributed by atoms with Crippen LogP contribution >= 0.6 is 11.3 Å². The van der Waals surface area contributed by atoms with E-state index < -0.39 is 23.7 Å². The van der Waals surface area contributed by atoms with Crippen LogP contribution in [0.3, 0.4) is 0 Å². The zero-order valence-electron chi connectivity index (χ0n) is 10.9. The molecule has 1 unspecified atom stereocenters. The van der Waals surface area contributed by atoms with E-state index in [-0.39, 0.29) is 17.7 Å². The molecular formula is C14H13FN2O3S. The average molecular weight is 308 g/mol. The highest BCUT2D eigenvalue weighted by Gasteiger charge is 2.20. The van der Waals surface area contributed by atoms with Gasteiger partial charge in [-0.05, 0) is 29.6 Å². The Morgan fingerprint density at radius 2 is 2.14 bits per heavy atom. The van der Waals surface area contributed by atoms with Crippen LogP contribution in [0, 0.1) is 5.82 Å². The molecular weight excluding hydrogens is 295 g/mol. The molecule has 5 nitrogen and oxygen atoms in total. The molecule has 0 fully saturated rings. The molecule has 1 heterocycles. The molecule has 0 aliphatic rings. The standard InChI is InChI=1S/C14H13FN2O3S/c15-9-6-8(3-4-10(9)16)14(20)17-11(7-13(18)19)12-2-1-5-21-12/h1-6,11H,7,16H2,(H,17,20)(H,18,19). The fourth-order valence-corrected chi connectivity index (χ4v) is 2.57. The first kappa shape index (κ1) is 15.0. The van der Waals surface area contributed by atoms with Crippen molar-refractivity contribution in [3.8, 4) is 0 Å². The second-order valence-electron chi connectivity index (χ2n) is 4.38. The van der Waals surface area contributed by atoms with Crippen LogP contribution in [0.2, 0.25) is 0 Å². The highest BCUT2D eigenvalue weighted by molar-refractivity contribution is 7.10. The smallest absolute Gasteiger partial charge is 0.305 e. The van der Waals surface area contributed by atoms with Crippen LogP contribution < -0.4 is 11.1 Å². The SMILES string of the molecule is Nc1ccc(C(=O)NC(CC(=O)O)c2cccs2)cc1F. The Kier molecular flexibility index (Phi) is 4.54. The van der Waals surface area contributed by atoms with Crippen molar-refractivity contribution >= 4 is 28.9 Å². The molecule has 21 heavy (non-hydrogen) atoms. The highest BCUT2D eigenvalue weighted by atomic mass is 32.1. The quantitative estimate of drug-likeness (QED) is 0.740. The van der Waals surface area contributed by atoms with Crippen LogP contribution in [-0.4, -0.2) is 17.0 Å². The summed E-state index contributed by atoms with van der Waals surface area (Å²) in [6.45, 7) is 0. The number of anilines is 1. The number of carbonyl (C=O) groups is 2. The molecule has 1 amide bonds. The van der Waals surface area contributed by atoms with Crippen LogP contribution in [0.25, 0.3) is 0 Å². The summed E-state index contributed by atoms with van der Waals surface area (Å²) in [5.74, 6) is -2.26. The number of benzene rings is 1. The Balaban J connectivity index is 2.17. The number of nitrogens with two attached hydrogens (primary N) is 1. The van der Waals surface area contributed by atoms with E-state index in [1.807, 2.05) is 0 Å². The van der Waals surface area contributed by atoms with Crippen LogP contribution in [0.4, 0.5) is 10.1 Å². The van der Waals surface area contributed by atoms with Crippen molar-refractivity contribution in [2.75, 3.05) is 5.73 Å². The molecule has 0 saturated carbocycles. The summed E-state index contributed by atoms with van der Waals surface area (Å²) in [6.07, 6.45) is -0.246. The Bertz CT molecular complexity index is 658. The number of nitrogens with one attached hydrogen (secondary N) is 1. The monoisotopic (exact) mass is 308 g/mol. The third-order valence-corrected chi connectivity index (χ3v) is 3.82. The van der Waals surface area contributed by atoms with Gasteiger partial charge in [-0.2, -0.15) is 0 Å². The van der Waals surface area contributed by atoms with Gasteiger partial charge >= 0.3 is 5.97 Å². The molecule has 0 saturated heterocycles. The molecule has 110 valence electrons. The van der Waals surface area contributed by atoms with Crippen molar-refractivity contribution in [2.45, 2.75) is 12.5 Å². The molecule has 4 N–H and O–H groups in total. The third-order valence-electron chi connectivity index (χ3n) is 2.83. The lowest BCUT2D eigenvalue weighted by atomic mass is 10.1. The number of thiophene rings is 1. The molecule has 1 atom stereocenters. The summed E-state index contributed by atoms with van der Waals surface area (Å²) in [6, 6.07) is 6.56. The average Bonchev–Trinajstić information content (AvgIpc) is 2.94. The predicted octanol–water partition coefficient (Wildman–Crippen LogP) is 2.42. The first-order valence-corrected chi connectivity index (χ1v) is 6.96. The lowest BCUT2D eigenvalue weighted by molar-refractivity contribution is -0.137. The number of carbonyl (C=O) groups excluding carboxylic acids is 1. The normalized spacial score (nSPS) is 11.9. The van der Waals surface area contributed by atoms with Crippen LogP contribution in [0.1, 0.15) is 27.7 Å². The van der Waals surface area contributed by atoms with Gasteiger partial charge in [0.25, 0.3) is 5.91 Å². The molecule has 2 aromatic rings. The van der Waals surface area contributed by atoms with Crippen molar-refractivity contribution < 1.29 is 19.1 Å². The van der Waals surface area contributed by atoms with Crippen molar-refractivity contribution in [1.82, 2.24) is 5.32 Å². The Morgan fingerprint density at radius 1 is 1.38 bits per heavy atom. The minimum atomic E-state index is -1.03. The molecule has 2 rings (SSSR count). The van der Waals surface area contributed by atoms with E-state index >= 15 is 0 Å². The highest BCUT2D eigenvalue weighted by Crippen LogP contribution is 2.23. The van der Waals surface area contributed by atoms with Gasteiger partial charge in [0.05, 0.1) is 18.2 Å². The van der Waals surface area contributed by atoms with Gasteiger partial charge in [-0.25, -0.2) is 4.39 Å². The van der Waals surface area contributed by atoms with Crippen molar-refractivity contribution in [1.29, 1.82) is 0 Å². The molecule has 0 spiro atoms. The number of halogens is 1. The summed E-state index contributed by atoms with van der Waals surface area (Å²) in [5.41, 5.74) is 5.39. The zero-order valence-corrected chi connectivity index (χ0v) is 11.7. The second kappa shape index (κ2) is 6.36. The summed E-state index contributed by atoms with van der Waals surface area (Å²) in [5, 5.41) is 13.3. The molecule has 0 aliphatic heterocycles. The number of nitrogen functional groups attached to an aromatic ring is 1. The first-order valence-electron chi connectivity index (χ1n) is 6.08. The van der Waals surface area contributed by atoms with Crippen molar-refractivity contribution in [2.24, 2.45) is 0 Å². The van der Waals surface area contributed by atoms with Crippen LogP contribution in [-0.2, 0) is 4.79 Å². The minimum Gasteiger partial charge on any atom is -0.481 e. The fraction of sp³-hybridized carbons (Fsp3) is 0.143. The van der Waals surface area contributed by atoms with Gasteiger partial charge in [0, 0.05) is 10.4 Å². The number of hydrogen-bond donors (Lipinski definition) is 3. The van der Waals surface area contributed by atoms with Crippen LogP contribution in [0.5, 0.6) is 0 Å². The summed E-state index contributed by atoms with van der Waals surface area (Å²) in [4.78, 5) is 23.7. The van der Waals surface area contributed by atoms with Crippen molar-refractivity contribution in [3.05, 3.63) is 52.0 Å². The molecule has 1 aromatic heterocycles. The fourth-order valence-electron chi connectivity index (χ4n) is 1.80. The number of rotatable bonds is 5. The van der Waals surface area contributed by atoms with Gasteiger partial charge in [0.2, 0.25) is 0 Å². The lowest BCUT2D eigenvalue weighted by Crippen LogP contribution is -2.29. The van der Waals surface area contributed by atoms with E-state index in [2.05, 4.69) is 5.32 Å². The Morgan fingerprint density at radius 3 is 2.71 bits per heavy atom. The molecule has 0 aliphatic carbocycles. The number of amides is 1. The maximum Gasteiger partial charge on any atom is 0.305 e.